The second kappa shape index (κ2) is 9.83. The summed E-state index contributed by atoms with van der Waals surface area (Å²) in [5.41, 5.74) is 0. The van der Waals surface area contributed by atoms with Gasteiger partial charge >= 0.3 is 0 Å². The van der Waals surface area contributed by atoms with Gasteiger partial charge < -0.3 is 5.32 Å². The van der Waals surface area contributed by atoms with E-state index in [9.17, 15) is 0 Å². The van der Waals surface area contributed by atoms with E-state index < -0.39 is 0 Å². The zero-order valence-corrected chi connectivity index (χ0v) is 13.0. The lowest BCUT2D eigenvalue weighted by molar-refractivity contribution is 0.409. The molecule has 1 saturated carbocycles. The molecule has 0 aliphatic heterocycles. The maximum Gasteiger partial charge on any atom is 0.00978 e. The Morgan fingerprint density at radius 2 is 1.50 bits per heavy atom. The third-order valence-electron chi connectivity index (χ3n) is 4.52. The summed E-state index contributed by atoms with van der Waals surface area (Å²) in [6.07, 6.45) is 14.4. The lowest BCUT2D eigenvalue weighted by Gasteiger charge is -2.17. The Hall–Kier alpha value is -0.0400. The first-order chi connectivity index (χ1) is 8.79. The second-order valence-electron chi connectivity index (χ2n) is 6.30. The molecule has 0 saturated heterocycles. The molecule has 3 atom stereocenters. The number of unbranched alkanes of at least 4 members (excludes halogenated alkanes) is 7. The highest BCUT2D eigenvalue weighted by Gasteiger charge is 2.38. The van der Waals surface area contributed by atoms with Crippen molar-refractivity contribution < 1.29 is 0 Å². The summed E-state index contributed by atoms with van der Waals surface area (Å²) in [5, 5.41) is 3.69. The fraction of sp³-hybridized carbons (Fsp3) is 1.00. The molecule has 1 aliphatic rings. The molecular weight excluding hydrogens is 218 g/mol. The zero-order chi connectivity index (χ0) is 13.2. The van der Waals surface area contributed by atoms with Crippen molar-refractivity contribution in [1.82, 2.24) is 5.32 Å². The van der Waals surface area contributed by atoms with Gasteiger partial charge in [-0.05, 0) is 31.2 Å². The molecule has 1 rings (SSSR count). The van der Waals surface area contributed by atoms with Crippen LogP contribution in [0.25, 0.3) is 0 Å². The normalized spacial score (nSPS) is 24.2. The van der Waals surface area contributed by atoms with Gasteiger partial charge in [-0.1, -0.05) is 72.1 Å². The Bertz CT molecular complexity index is 190. The van der Waals surface area contributed by atoms with Gasteiger partial charge in [-0.25, -0.2) is 0 Å². The average Bonchev–Trinajstić information content (AvgIpc) is 3.08. The van der Waals surface area contributed by atoms with E-state index in [0.717, 1.165) is 24.4 Å². The van der Waals surface area contributed by atoms with Gasteiger partial charge in [-0.2, -0.15) is 0 Å². The maximum absolute atomic E-state index is 3.69. The molecule has 0 radical (unpaired) electrons. The maximum atomic E-state index is 3.69. The van der Waals surface area contributed by atoms with Crippen molar-refractivity contribution in [3.05, 3.63) is 0 Å². The lowest BCUT2D eigenvalue weighted by Crippen LogP contribution is -2.31. The summed E-state index contributed by atoms with van der Waals surface area (Å²) in [6, 6.07) is 0.824. The summed E-state index contributed by atoms with van der Waals surface area (Å²) in [4.78, 5) is 0. The first-order valence-electron chi connectivity index (χ1n) is 8.53. The van der Waals surface area contributed by atoms with Gasteiger partial charge in [-0.3, -0.25) is 0 Å². The van der Waals surface area contributed by atoms with E-state index in [0.29, 0.717) is 0 Å². The van der Waals surface area contributed by atoms with E-state index in [1.54, 1.807) is 0 Å². The molecule has 18 heavy (non-hydrogen) atoms. The van der Waals surface area contributed by atoms with E-state index >= 15 is 0 Å². The molecule has 1 heteroatoms. The summed E-state index contributed by atoms with van der Waals surface area (Å²) in [6.45, 7) is 8.08. The van der Waals surface area contributed by atoms with Gasteiger partial charge in [-0.15, -0.1) is 0 Å². The highest BCUT2D eigenvalue weighted by atomic mass is 14.9. The van der Waals surface area contributed by atoms with Crippen molar-refractivity contribution in [2.45, 2.75) is 91.0 Å². The topological polar surface area (TPSA) is 12.0 Å². The molecule has 1 nitrogen and oxygen atoms in total. The smallest absolute Gasteiger partial charge is 0.00978 e. The largest absolute Gasteiger partial charge is 0.314 e. The summed E-state index contributed by atoms with van der Waals surface area (Å²) >= 11 is 0. The zero-order valence-electron chi connectivity index (χ0n) is 13.0. The van der Waals surface area contributed by atoms with Gasteiger partial charge in [0, 0.05) is 6.04 Å². The first kappa shape index (κ1) is 16.0. The van der Waals surface area contributed by atoms with Gasteiger partial charge in [0.1, 0.15) is 0 Å². The molecule has 1 N–H and O–H groups in total. The van der Waals surface area contributed by atoms with E-state index in [1.807, 2.05) is 0 Å². The van der Waals surface area contributed by atoms with Gasteiger partial charge in [0.15, 0.2) is 0 Å². The van der Waals surface area contributed by atoms with E-state index in [1.165, 1.54) is 64.2 Å². The highest BCUT2D eigenvalue weighted by molar-refractivity contribution is 4.92. The van der Waals surface area contributed by atoms with E-state index in [4.69, 9.17) is 0 Å². The second-order valence-corrected chi connectivity index (χ2v) is 6.30. The van der Waals surface area contributed by atoms with Crippen LogP contribution in [0.4, 0.5) is 0 Å². The molecule has 0 amide bonds. The standard InChI is InChI=1S/C17H35N/c1-4-6-7-8-9-10-11-12-13-17(18-5-2)16-14-15(16)3/h15-18H,4-14H2,1-3H3. The summed E-state index contributed by atoms with van der Waals surface area (Å²) in [5.74, 6) is 1.98. The Morgan fingerprint density at radius 3 is 2.00 bits per heavy atom. The molecule has 0 aromatic carbocycles. The lowest BCUT2D eigenvalue weighted by atomic mass is 10.0. The molecule has 0 aromatic rings. The molecule has 1 fully saturated rings. The number of nitrogens with one attached hydrogen (secondary N) is 1. The minimum atomic E-state index is 0.824. The minimum absolute atomic E-state index is 0.824. The quantitative estimate of drug-likeness (QED) is 0.474. The monoisotopic (exact) mass is 253 g/mol. The van der Waals surface area contributed by atoms with Gasteiger partial charge in [0.2, 0.25) is 0 Å². The van der Waals surface area contributed by atoms with Crippen LogP contribution < -0.4 is 5.32 Å². The Labute approximate surface area is 115 Å². The molecule has 0 heterocycles. The van der Waals surface area contributed by atoms with Crippen LogP contribution in [0, 0.1) is 11.8 Å². The van der Waals surface area contributed by atoms with Crippen molar-refractivity contribution in [3.8, 4) is 0 Å². The van der Waals surface area contributed by atoms with Crippen molar-refractivity contribution in [2.24, 2.45) is 11.8 Å². The Kier molecular flexibility index (Phi) is 8.75. The number of hydrogen-bond donors (Lipinski definition) is 1. The Balaban J connectivity index is 1.92. The van der Waals surface area contributed by atoms with Crippen LogP contribution in [0.5, 0.6) is 0 Å². The molecule has 108 valence electrons. The van der Waals surface area contributed by atoms with Crippen LogP contribution in [0.3, 0.4) is 0 Å². The van der Waals surface area contributed by atoms with Gasteiger partial charge in [0.05, 0.1) is 0 Å². The summed E-state index contributed by atoms with van der Waals surface area (Å²) in [7, 11) is 0. The fourth-order valence-electron chi connectivity index (χ4n) is 3.14. The molecule has 0 bridgehead atoms. The fourth-order valence-corrected chi connectivity index (χ4v) is 3.14. The van der Waals surface area contributed by atoms with Crippen molar-refractivity contribution >= 4 is 0 Å². The van der Waals surface area contributed by atoms with Crippen LogP contribution in [-0.2, 0) is 0 Å². The predicted octanol–water partition coefficient (Wildman–Crippen LogP) is 5.15. The average molecular weight is 253 g/mol. The van der Waals surface area contributed by atoms with E-state index in [2.05, 4.69) is 26.1 Å². The first-order valence-corrected chi connectivity index (χ1v) is 8.53. The third kappa shape index (κ3) is 6.78. The third-order valence-corrected chi connectivity index (χ3v) is 4.52. The molecule has 1 aliphatic carbocycles. The van der Waals surface area contributed by atoms with Gasteiger partial charge in [0.25, 0.3) is 0 Å². The van der Waals surface area contributed by atoms with Crippen LogP contribution >= 0.6 is 0 Å². The van der Waals surface area contributed by atoms with Crippen molar-refractivity contribution in [3.63, 3.8) is 0 Å². The summed E-state index contributed by atoms with van der Waals surface area (Å²) < 4.78 is 0. The van der Waals surface area contributed by atoms with Crippen LogP contribution in [0.2, 0.25) is 0 Å². The minimum Gasteiger partial charge on any atom is -0.314 e. The van der Waals surface area contributed by atoms with Crippen molar-refractivity contribution in [2.75, 3.05) is 6.54 Å². The molecule has 0 spiro atoms. The van der Waals surface area contributed by atoms with Crippen molar-refractivity contribution in [1.29, 1.82) is 0 Å². The number of hydrogen-bond acceptors (Lipinski definition) is 1. The predicted molar refractivity (Wildman–Crippen MR) is 82.0 cm³/mol. The van der Waals surface area contributed by atoms with Crippen LogP contribution in [0.1, 0.15) is 85.0 Å². The Morgan fingerprint density at radius 1 is 0.944 bits per heavy atom. The van der Waals surface area contributed by atoms with Crippen LogP contribution in [0.15, 0.2) is 0 Å². The molecule has 0 aromatic heterocycles. The number of rotatable bonds is 12. The van der Waals surface area contributed by atoms with Crippen LogP contribution in [-0.4, -0.2) is 12.6 Å². The highest BCUT2D eigenvalue weighted by Crippen LogP contribution is 2.41. The molecule has 3 unspecified atom stereocenters. The van der Waals surface area contributed by atoms with E-state index in [-0.39, 0.29) is 0 Å². The molecular formula is C17H35N. The SMILES string of the molecule is CCCCCCCCCCC(NCC)C1CC1C.